The van der Waals surface area contributed by atoms with E-state index in [1.54, 1.807) is 0 Å². The van der Waals surface area contributed by atoms with Crippen LogP contribution in [-0.2, 0) is 0 Å². The second kappa shape index (κ2) is 5.02. The largest absolute Gasteiger partial charge is 0.324 e. The summed E-state index contributed by atoms with van der Waals surface area (Å²) in [6.45, 7) is 2.15. The maximum absolute atomic E-state index is 13.9. The van der Waals surface area contributed by atoms with E-state index >= 15 is 0 Å². The third-order valence-electron chi connectivity index (χ3n) is 3.66. The Balaban J connectivity index is 2.30. The number of nitrogens with two attached hydrogens (primary N) is 1. The van der Waals surface area contributed by atoms with Crippen molar-refractivity contribution >= 4 is 15.9 Å². The van der Waals surface area contributed by atoms with Crippen molar-refractivity contribution in [2.24, 2.45) is 17.6 Å². The molecule has 1 aromatic carbocycles. The molecule has 0 aromatic heterocycles. The maximum Gasteiger partial charge on any atom is 0.145 e. The van der Waals surface area contributed by atoms with Crippen molar-refractivity contribution in [3.8, 4) is 0 Å². The van der Waals surface area contributed by atoms with Gasteiger partial charge in [0.25, 0.3) is 0 Å². The van der Waals surface area contributed by atoms with Gasteiger partial charge >= 0.3 is 0 Å². The summed E-state index contributed by atoms with van der Waals surface area (Å²) in [5, 5.41) is 0. The van der Waals surface area contributed by atoms with Crippen molar-refractivity contribution in [2.75, 3.05) is 0 Å². The van der Waals surface area contributed by atoms with Gasteiger partial charge in [-0.25, -0.2) is 8.78 Å². The Labute approximate surface area is 109 Å². The lowest BCUT2D eigenvalue weighted by Gasteiger charge is -2.21. The van der Waals surface area contributed by atoms with Crippen LogP contribution >= 0.6 is 15.9 Å². The molecule has 1 fully saturated rings. The molecule has 94 valence electrons. The Morgan fingerprint density at radius 1 is 1.35 bits per heavy atom. The predicted octanol–water partition coefficient (Wildman–Crippen LogP) is 4.16. The van der Waals surface area contributed by atoms with Crippen molar-refractivity contribution in [1.29, 1.82) is 0 Å². The molecule has 1 aromatic rings. The normalized spacial score (nSPS) is 26.2. The third-order valence-corrected chi connectivity index (χ3v) is 4.27. The SMILES string of the molecule is CC1CCC(C(N)c2c(F)ccc(Br)c2F)C1. The fourth-order valence-corrected chi connectivity index (χ4v) is 3.01. The quantitative estimate of drug-likeness (QED) is 0.816. The molecule has 1 saturated carbocycles. The highest BCUT2D eigenvalue weighted by Gasteiger charge is 2.31. The number of hydrogen-bond acceptors (Lipinski definition) is 1. The second-order valence-corrected chi connectivity index (χ2v) is 5.82. The fourth-order valence-electron chi connectivity index (χ4n) is 2.66. The summed E-state index contributed by atoms with van der Waals surface area (Å²) in [6.07, 6.45) is 3.00. The first kappa shape index (κ1) is 13.0. The molecule has 2 N–H and O–H groups in total. The van der Waals surface area contributed by atoms with Gasteiger partial charge in [0, 0.05) is 11.6 Å². The van der Waals surface area contributed by atoms with Crippen LogP contribution in [0.5, 0.6) is 0 Å². The van der Waals surface area contributed by atoms with Crippen LogP contribution in [0.15, 0.2) is 16.6 Å². The Kier molecular flexibility index (Phi) is 3.83. The van der Waals surface area contributed by atoms with Crippen LogP contribution in [0.3, 0.4) is 0 Å². The van der Waals surface area contributed by atoms with Crippen LogP contribution in [0.1, 0.15) is 37.8 Å². The molecule has 4 heteroatoms. The molecule has 17 heavy (non-hydrogen) atoms. The van der Waals surface area contributed by atoms with Crippen LogP contribution in [0.2, 0.25) is 0 Å². The van der Waals surface area contributed by atoms with Crippen molar-refractivity contribution in [3.63, 3.8) is 0 Å². The molecular weight excluding hydrogens is 288 g/mol. The average molecular weight is 304 g/mol. The zero-order valence-corrected chi connectivity index (χ0v) is 11.3. The van der Waals surface area contributed by atoms with Gasteiger partial charge in [0.2, 0.25) is 0 Å². The first-order valence-corrected chi connectivity index (χ1v) is 6.69. The van der Waals surface area contributed by atoms with Gasteiger partial charge in [-0.15, -0.1) is 0 Å². The number of rotatable bonds is 2. The van der Waals surface area contributed by atoms with Crippen LogP contribution in [0.4, 0.5) is 8.78 Å². The van der Waals surface area contributed by atoms with Gasteiger partial charge in [0.15, 0.2) is 0 Å². The van der Waals surface area contributed by atoms with Gasteiger partial charge in [-0.1, -0.05) is 13.3 Å². The number of hydrogen-bond donors (Lipinski definition) is 1. The van der Waals surface area contributed by atoms with Crippen LogP contribution < -0.4 is 5.73 Å². The molecule has 0 amide bonds. The molecule has 2 rings (SSSR count). The second-order valence-electron chi connectivity index (χ2n) is 4.96. The Morgan fingerprint density at radius 2 is 2.06 bits per heavy atom. The maximum atomic E-state index is 13.9. The van der Waals surface area contributed by atoms with E-state index in [0.717, 1.165) is 19.3 Å². The van der Waals surface area contributed by atoms with Crippen LogP contribution in [-0.4, -0.2) is 0 Å². The van der Waals surface area contributed by atoms with Gasteiger partial charge in [-0.3, -0.25) is 0 Å². The molecule has 0 spiro atoms. The molecule has 0 heterocycles. The van der Waals surface area contributed by atoms with E-state index < -0.39 is 17.7 Å². The van der Waals surface area contributed by atoms with Gasteiger partial charge in [0.1, 0.15) is 11.6 Å². The van der Waals surface area contributed by atoms with E-state index in [9.17, 15) is 8.78 Å². The molecule has 1 nitrogen and oxygen atoms in total. The van der Waals surface area contributed by atoms with Crippen molar-refractivity contribution < 1.29 is 8.78 Å². The van der Waals surface area contributed by atoms with Gasteiger partial charge in [-0.05, 0) is 52.7 Å². The highest BCUT2D eigenvalue weighted by molar-refractivity contribution is 9.10. The smallest absolute Gasteiger partial charge is 0.145 e. The van der Waals surface area contributed by atoms with Crippen molar-refractivity contribution in [2.45, 2.75) is 32.2 Å². The summed E-state index contributed by atoms with van der Waals surface area (Å²) in [5.74, 6) is -0.317. The Morgan fingerprint density at radius 3 is 2.65 bits per heavy atom. The summed E-state index contributed by atoms with van der Waals surface area (Å²) in [6, 6.07) is 2.09. The summed E-state index contributed by atoms with van der Waals surface area (Å²) in [5.41, 5.74) is 6.06. The molecule has 3 unspecified atom stereocenters. The highest BCUT2D eigenvalue weighted by atomic mass is 79.9. The third kappa shape index (κ3) is 2.52. The topological polar surface area (TPSA) is 26.0 Å². The molecule has 0 saturated heterocycles. The van der Waals surface area contributed by atoms with Crippen LogP contribution in [0.25, 0.3) is 0 Å². The molecular formula is C13H16BrF2N. The minimum absolute atomic E-state index is 0.0264. The van der Waals surface area contributed by atoms with Crippen molar-refractivity contribution in [3.05, 3.63) is 33.8 Å². The van der Waals surface area contributed by atoms with Gasteiger partial charge < -0.3 is 5.73 Å². The first-order valence-electron chi connectivity index (χ1n) is 5.89. The molecule has 3 atom stereocenters. The number of benzene rings is 1. The summed E-state index contributed by atoms with van der Waals surface area (Å²) in [4.78, 5) is 0. The van der Waals surface area contributed by atoms with E-state index in [2.05, 4.69) is 22.9 Å². The zero-order valence-electron chi connectivity index (χ0n) is 9.72. The van der Waals surface area contributed by atoms with Crippen molar-refractivity contribution in [1.82, 2.24) is 0 Å². The standard InChI is InChI=1S/C13H16BrF2N/c1-7-2-3-8(6-7)13(17)11-10(15)5-4-9(14)12(11)16/h4-5,7-8,13H,2-3,6,17H2,1H3. The lowest BCUT2D eigenvalue weighted by Crippen LogP contribution is -2.22. The fraction of sp³-hybridized carbons (Fsp3) is 0.538. The van der Waals surface area contributed by atoms with E-state index in [1.807, 2.05) is 0 Å². The average Bonchev–Trinajstić information content (AvgIpc) is 2.71. The molecule has 1 aliphatic carbocycles. The number of halogens is 3. The first-order chi connectivity index (χ1) is 8.00. The Hall–Kier alpha value is -0.480. The summed E-state index contributed by atoms with van der Waals surface area (Å²) in [7, 11) is 0. The molecule has 1 aliphatic rings. The monoisotopic (exact) mass is 303 g/mol. The van der Waals surface area contributed by atoms with E-state index in [4.69, 9.17) is 5.73 Å². The summed E-state index contributed by atoms with van der Waals surface area (Å²) < 4.78 is 27.9. The van der Waals surface area contributed by atoms with Gasteiger partial charge in [-0.2, -0.15) is 0 Å². The van der Waals surface area contributed by atoms with Gasteiger partial charge in [0.05, 0.1) is 4.47 Å². The minimum atomic E-state index is -0.558. The Bertz CT molecular complexity index is 422. The predicted molar refractivity (Wildman–Crippen MR) is 67.5 cm³/mol. The highest BCUT2D eigenvalue weighted by Crippen LogP contribution is 2.39. The van der Waals surface area contributed by atoms with E-state index in [0.29, 0.717) is 5.92 Å². The molecule has 0 radical (unpaired) electrons. The van der Waals surface area contributed by atoms with Crippen LogP contribution in [0, 0.1) is 23.5 Å². The lowest BCUT2D eigenvalue weighted by molar-refractivity contribution is 0.398. The van der Waals surface area contributed by atoms with E-state index in [1.165, 1.54) is 12.1 Å². The minimum Gasteiger partial charge on any atom is -0.324 e. The zero-order chi connectivity index (χ0) is 12.6. The molecule has 0 aliphatic heterocycles. The summed E-state index contributed by atoms with van der Waals surface area (Å²) >= 11 is 3.07. The lowest BCUT2D eigenvalue weighted by atomic mass is 9.91. The molecule has 0 bridgehead atoms. The van der Waals surface area contributed by atoms with E-state index in [-0.39, 0.29) is 16.0 Å².